The van der Waals surface area contributed by atoms with Gasteiger partial charge in [0.2, 0.25) is 5.69 Å². The summed E-state index contributed by atoms with van der Waals surface area (Å²) in [6.45, 7) is 10.2. The fraction of sp³-hybridized carbons (Fsp3) is 0.333. The molecular formula is C18H19N3O4S. The summed E-state index contributed by atoms with van der Waals surface area (Å²) in [6.07, 6.45) is 0. The zero-order valence-electron chi connectivity index (χ0n) is 14.6. The molecule has 0 atom stereocenters. The molecule has 1 aliphatic heterocycles. The van der Waals surface area contributed by atoms with Crippen molar-refractivity contribution in [3.63, 3.8) is 0 Å². The average Bonchev–Trinajstić information content (AvgIpc) is 3.08. The van der Waals surface area contributed by atoms with Gasteiger partial charge in [0.1, 0.15) is 0 Å². The summed E-state index contributed by atoms with van der Waals surface area (Å²) in [5, 5.41) is 0.752. The van der Waals surface area contributed by atoms with Gasteiger partial charge >= 0.3 is 0 Å². The lowest BCUT2D eigenvalue weighted by Crippen LogP contribution is -2.35. The molecule has 0 spiro atoms. The summed E-state index contributed by atoms with van der Waals surface area (Å²) < 4.78 is 16.0. The molecule has 7 nitrogen and oxygen atoms in total. The van der Waals surface area contributed by atoms with E-state index in [1.165, 1.54) is 11.3 Å². The molecule has 2 aromatic rings. The Labute approximate surface area is 155 Å². The van der Waals surface area contributed by atoms with Gasteiger partial charge in [-0.2, -0.15) is 0 Å². The number of methoxy groups -OCH3 is 2. The number of hydrogen-bond donors (Lipinski definition) is 1. The Hall–Kier alpha value is -2.76. The first kappa shape index (κ1) is 18.0. The van der Waals surface area contributed by atoms with E-state index in [0.29, 0.717) is 59.5 Å². The molecule has 26 heavy (non-hydrogen) atoms. The Morgan fingerprint density at radius 2 is 1.96 bits per heavy atom. The Kier molecular flexibility index (Phi) is 5.30. The number of hydrogen-bond acceptors (Lipinski definition) is 6. The van der Waals surface area contributed by atoms with E-state index in [2.05, 4.69) is 9.74 Å². The number of primary amides is 1. The quantitative estimate of drug-likeness (QED) is 0.816. The van der Waals surface area contributed by atoms with Crippen molar-refractivity contribution in [3.8, 4) is 22.6 Å². The highest BCUT2D eigenvalue weighted by molar-refractivity contribution is 7.19. The first-order valence-corrected chi connectivity index (χ1v) is 8.81. The first-order valence-electron chi connectivity index (χ1n) is 7.99. The van der Waals surface area contributed by atoms with E-state index in [0.717, 1.165) is 5.00 Å². The van der Waals surface area contributed by atoms with Gasteiger partial charge in [-0.05, 0) is 17.7 Å². The van der Waals surface area contributed by atoms with Gasteiger partial charge in [-0.15, -0.1) is 11.3 Å². The number of nitrogens with zero attached hydrogens (tertiary/aromatic N) is 2. The standard InChI is InChI=1S/C18H19N3O4S/c1-20-15-14(11-4-5-12(23-2)13(10-11)24-3)16(17(19)22)26-18(15)21-6-8-25-9-7-21/h4-5,10H,6-9H2,2-3H3,(H2,19,22). The van der Waals surface area contributed by atoms with Crippen LogP contribution in [0.2, 0.25) is 0 Å². The maximum atomic E-state index is 12.1. The van der Waals surface area contributed by atoms with E-state index in [1.54, 1.807) is 32.4 Å². The van der Waals surface area contributed by atoms with Crippen LogP contribution < -0.4 is 20.1 Å². The number of anilines is 1. The van der Waals surface area contributed by atoms with Crippen molar-refractivity contribution in [2.45, 2.75) is 0 Å². The fourth-order valence-electron chi connectivity index (χ4n) is 2.93. The lowest BCUT2D eigenvalue weighted by atomic mass is 10.0. The van der Waals surface area contributed by atoms with Crippen LogP contribution in [0.15, 0.2) is 18.2 Å². The van der Waals surface area contributed by atoms with Gasteiger partial charge in [-0.1, -0.05) is 6.07 Å². The number of carbonyl (C=O) groups is 1. The molecule has 1 aromatic carbocycles. The number of amides is 1. The van der Waals surface area contributed by atoms with Gasteiger partial charge in [0.05, 0.1) is 43.9 Å². The van der Waals surface area contributed by atoms with Crippen molar-refractivity contribution in [1.29, 1.82) is 0 Å². The summed E-state index contributed by atoms with van der Waals surface area (Å²) in [5.74, 6) is 0.546. The van der Waals surface area contributed by atoms with Crippen LogP contribution in [0.1, 0.15) is 9.67 Å². The van der Waals surface area contributed by atoms with Crippen LogP contribution in [-0.4, -0.2) is 46.4 Å². The van der Waals surface area contributed by atoms with Gasteiger partial charge in [-0.3, -0.25) is 4.79 Å². The molecule has 0 bridgehead atoms. The number of thiophene rings is 1. The molecule has 0 saturated carbocycles. The van der Waals surface area contributed by atoms with Crippen LogP contribution >= 0.6 is 11.3 Å². The minimum atomic E-state index is -0.552. The molecule has 0 unspecified atom stereocenters. The summed E-state index contributed by atoms with van der Waals surface area (Å²) in [6, 6.07) is 5.30. The van der Waals surface area contributed by atoms with Crippen molar-refractivity contribution in [2.75, 3.05) is 45.4 Å². The van der Waals surface area contributed by atoms with Crippen molar-refractivity contribution >= 4 is 27.9 Å². The lowest BCUT2D eigenvalue weighted by Gasteiger charge is -2.28. The second kappa shape index (κ2) is 7.64. The molecule has 1 fully saturated rings. The van der Waals surface area contributed by atoms with E-state index in [4.69, 9.17) is 26.5 Å². The number of nitrogens with two attached hydrogens (primary N) is 1. The predicted molar refractivity (Wildman–Crippen MR) is 101 cm³/mol. The van der Waals surface area contributed by atoms with Crippen LogP contribution in [0, 0.1) is 6.57 Å². The third-order valence-electron chi connectivity index (χ3n) is 4.17. The summed E-state index contributed by atoms with van der Waals surface area (Å²) in [4.78, 5) is 18.2. The molecule has 1 aliphatic rings. The molecule has 2 heterocycles. The number of ether oxygens (including phenoxy) is 3. The Morgan fingerprint density at radius 3 is 2.54 bits per heavy atom. The molecular weight excluding hydrogens is 354 g/mol. The van der Waals surface area contributed by atoms with Gasteiger partial charge < -0.3 is 24.8 Å². The lowest BCUT2D eigenvalue weighted by molar-refractivity contribution is 0.100. The molecule has 3 rings (SSSR count). The minimum absolute atomic E-state index is 0.365. The highest BCUT2D eigenvalue weighted by atomic mass is 32.1. The van der Waals surface area contributed by atoms with Gasteiger partial charge in [0.15, 0.2) is 11.5 Å². The fourth-order valence-corrected chi connectivity index (χ4v) is 4.09. The van der Waals surface area contributed by atoms with Crippen LogP contribution in [-0.2, 0) is 4.74 Å². The highest BCUT2D eigenvalue weighted by Crippen LogP contribution is 2.49. The summed E-state index contributed by atoms with van der Waals surface area (Å²) >= 11 is 1.25. The number of benzene rings is 1. The molecule has 1 aromatic heterocycles. The maximum Gasteiger partial charge on any atom is 0.258 e. The molecule has 8 heteroatoms. The van der Waals surface area contributed by atoms with E-state index >= 15 is 0 Å². The Balaban J connectivity index is 2.18. The molecule has 1 amide bonds. The van der Waals surface area contributed by atoms with Gasteiger partial charge in [-0.25, -0.2) is 4.85 Å². The number of carbonyl (C=O) groups excluding carboxylic acids is 1. The second-order valence-electron chi connectivity index (χ2n) is 5.61. The van der Waals surface area contributed by atoms with Crippen molar-refractivity contribution in [3.05, 3.63) is 34.5 Å². The molecule has 2 N–H and O–H groups in total. The number of morpholine rings is 1. The van der Waals surface area contributed by atoms with Crippen molar-refractivity contribution < 1.29 is 19.0 Å². The molecule has 1 saturated heterocycles. The highest BCUT2D eigenvalue weighted by Gasteiger charge is 2.27. The zero-order chi connectivity index (χ0) is 18.7. The van der Waals surface area contributed by atoms with E-state index in [1.807, 2.05) is 0 Å². The average molecular weight is 373 g/mol. The van der Waals surface area contributed by atoms with Crippen molar-refractivity contribution in [2.24, 2.45) is 5.73 Å². The Bertz CT molecular complexity index is 866. The first-order chi connectivity index (χ1) is 12.6. The van der Waals surface area contributed by atoms with Gasteiger partial charge in [0.25, 0.3) is 5.91 Å². The van der Waals surface area contributed by atoms with Gasteiger partial charge in [0, 0.05) is 18.7 Å². The largest absolute Gasteiger partial charge is 0.493 e. The van der Waals surface area contributed by atoms with Crippen LogP contribution in [0.25, 0.3) is 16.0 Å². The van der Waals surface area contributed by atoms with E-state index in [9.17, 15) is 4.79 Å². The summed E-state index contributed by atoms with van der Waals surface area (Å²) in [5.41, 5.74) is 7.28. The predicted octanol–water partition coefficient (Wildman–Crippen LogP) is 2.92. The monoisotopic (exact) mass is 373 g/mol. The van der Waals surface area contributed by atoms with Crippen LogP contribution in [0.5, 0.6) is 11.5 Å². The minimum Gasteiger partial charge on any atom is -0.493 e. The molecule has 0 aliphatic carbocycles. The van der Waals surface area contributed by atoms with Crippen LogP contribution in [0.3, 0.4) is 0 Å². The molecule has 136 valence electrons. The Morgan fingerprint density at radius 1 is 1.27 bits per heavy atom. The normalized spacial score (nSPS) is 14.0. The summed E-state index contributed by atoms with van der Waals surface area (Å²) in [7, 11) is 3.09. The van der Waals surface area contributed by atoms with E-state index < -0.39 is 5.91 Å². The van der Waals surface area contributed by atoms with Crippen LogP contribution in [0.4, 0.5) is 10.7 Å². The second-order valence-corrected chi connectivity index (χ2v) is 6.60. The van der Waals surface area contributed by atoms with E-state index in [-0.39, 0.29) is 0 Å². The third-order valence-corrected chi connectivity index (χ3v) is 5.43. The zero-order valence-corrected chi connectivity index (χ0v) is 15.4. The molecule has 0 radical (unpaired) electrons. The topological polar surface area (TPSA) is 78.4 Å². The smallest absolute Gasteiger partial charge is 0.258 e. The maximum absolute atomic E-state index is 12.1. The number of rotatable bonds is 5. The SMILES string of the molecule is [C-]#[N+]c1c(N2CCOCC2)sc(C(N)=O)c1-c1ccc(OC)c(OC)c1. The van der Waals surface area contributed by atoms with Crippen molar-refractivity contribution in [1.82, 2.24) is 0 Å². The third kappa shape index (κ3) is 3.19.